The van der Waals surface area contributed by atoms with Crippen LogP contribution in [0.5, 0.6) is 0 Å². The van der Waals surface area contributed by atoms with Gasteiger partial charge in [-0.3, -0.25) is 10.1 Å². The van der Waals surface area contributed by atoms with E-state index in [1.807, 2.05) is 47.8 Å². The molecule has 0 unspecified atom stereocenters. The number of carbonyl (C=O) groups excluding carboxylic acids is 1. The van der Waals surface area contributed by atoms with E-state index in [0.29, 0.717) is 10.7 Å². The van der Waals surface area contributed by atoms with E-state index in [-0.39, 0.29) is 17.3 Å². The van der Waals surface area contributed by atoms with Gasteiger partial charge in [-0.2, -0.15) is 4.31 Å². The van der Waals surface area contributed by atoms with Crippen LogP contribution in [0.3, 0.4) is 0 Å². The first kappa shape index (κ1) is 23.8. The van der Waals surface area contributed by atoms with E-state index >= 15 is 0 Å². The third-order valence-corrected chi connectivity index (χ3v) is 8.03. The van der Waals surface area contributed by atoms with Crippen molar-refractivity contribution in [1.29, 1.82) is 0 Å². The van der Waals surface area contributed by atoms with Crippen LogP contribution in [-0.2, 0) is 23.0 Å². The predicted molar refractivity (Wildman–Crippen MR) is 136 cm³/mol. The van der Waals surface area contributed by atoms with Gasteiger partial charge < -0.3 is 0 Å². The van der Waals surface area contributed by atoms with Crippen molar-refractivity contribution in [3.63, 3.8) is 0 Å². The summed E-state index contributed by atoms with van der Waals surface area (Å²) in [5.74, 6) is -0.344. The van der Waals surface area contributed by atoms with Gasteiger partial charge in [-0.15, -0.1) is 11.3 Å². The van der Waals surface area contributed by atoms with E-state index in [1.165, 1.54) is 45.5 Å². The molecule has 0 aliphatic heterocycles. The number of thiazole rings is 1. The highest BCUT2D eigenvalue weighted by Crippen LogP contribution is 2.26. The van der Waals surface area contributed by atoms with Gasteiger partial charge in [0, 0.05) is 30.1 Å². The fraction of sp³-hybridized carbons (Fsp3) is 0.154. The van der Waals surface area contributed by atoms with E-state index in [9.17, 15) is 13.2 Å². The van der Waals surface area contributed by atoms with Crippen molar-refractivity contribution >= 4 is 32.4 Å². The second-order valence-corrected chi connectivity index (χ2v) is 10.7. The van der Waals surface area contributed by atoms with Crippen molar-refractivity contribution in [3.05, 3.63) is 101 Å². The lowest BCUT2D eigenvalue weighted by molar-refractivity contribution is 0.102. The summed E-state index contributed by atoms with van der Waals surface area (Å²) < 4.78 is 27.1. The monoisotopic (exact) mass is 491 g/mol. The van der Waals surface area contributed by atoms with Crippen LogP contribution in [0, 0.1) is 0 Å². The van der Waals surface area contributed by atoms with Gasteiger partial charge in [0.25, 0.3) is 5.91 Å². The number of aromatic nitrogens is 1. The molecule has 8 heteroatoms. The molecule has 1 heterocycles. The number of nitrogens with one attached hydrogen (secondary N) is 1. The first-order valence-electron chi connectivity index (χ1n) is 10.8. The lowest BCUT2D eigenvalue weighted by atomic mass is 10.1. The summed E-state index contributed by atoms with van der Waals surface area (Å²) >= 11 is 1.34. The molecule has 0 saturated heterocycles. The van der Waals surface area contributed by atoms with Crippen LogP contribution >= 0.6 is 11.3 Å². The maximum atomic E-state index is 12.9. The predicted octanol–water partition coefficient (Wildman–Crippen LogP) is 5.45. The summed E-state index contributed by atoms with van der Waals surface area (Å²) in [6.45, 7) is 2.37. The quantitative estimate of drug-likeness (QED) is 0.356. The van der Waals surface area contributed by atoms with Crippen molar-refractivity contribution in [2.24, 2.45) is 0 Å². The summed E-state index contributed by atoms with van der Waals surface area (Å²) in [5, 5.41) is 5.18. The van der Waals surface area contributed by atoms with E-state index in [4.69, 9.17) is 0 Å². The highest BCUT2D eigenvalue weighted by atomic mass is 32.2. The molecule has 0 saturated carbocycles. The van der Waals surface area contributed by atoms with Crippen LogP contribution < -0.4 is 5.32 Å². The first-order chi connectivity index (χ1) is 16.4. The number of carbonyl (C=O) groups is 1. The summed E-state index contributed by atoms with van der Waals surface area (Å²) in [6.07, 6.45) is 0.974. The van der Waals surface area contributed by atoms with Crippen molar-refractivity contribution in [1.82, 2.24) is 9.29 Å². The molecule has 4 rings (SSSR count). The molecule has 1 N–H and O–H groups in total. The molecule has 0 radical (unpaired) electrons. The lowest BCUT2D eigenvalue weighted by Gasteiger charge is -2.17. The van der Waals surface area contributed by atoms with Crippen molar-refractivity contribution in [2.45, 2.75) is 24.8 Å². The zero-order valence-electron chi connectivity index (χ0n) is 18.9. The SMILES string of the molecule is CCc1ccc(-c2csc(NC(=O)c3ccc(S(=O)(=O)N(C)Cc4ccccc4)cc3)n2)cc1. The minimum absolute atomic E-state index is 0.134. The van der Waals surface area contributed by atoms with Gasteiger partial charge in [0.2, 0.25) is 10.0 Å². The van der Waals surface area contributed by atoms with Gasteiger partial charge in [0.1, 0.15) is 0 Å². The molecule has 0 spiro atoms. The third kappa shape index (κ3) is 5.41. The Hall–Kier alpha value is -3.33. The van der Waals surface area contributed by atoms with Crippen LogP contribution in [0.2, 0.25) is 0 Å². The lowest BCUT2D eigenvalue weighted by Crippen LogP contribution is -2.26. The number of hydrogen-bond acceptors (Lipinski definition) is 5. The smallest absolute Gasteiger partial charge is 0.257 e. The van der Waals surface area contributed by atoms with Gasteiger partial charge in [0.15, 0.2) is 5.13 Å². The first-order valence-corrected chi connectivity index (χ1v) is 13.2. The summed E-state index contributed by atoms with van der Waals surface area (Å²) in [6, 6.07) is 23.5. The highest BCUT2D eigenvalue weighted by Gasteiger charge is 2.21. The molecule has 34 heavy (non-hydrogen) atoms. The number of nitrogens with zero attached hydrogens (tertiary/aromatic N) is 2. The Morgan fingerprint density at radius 3 is 2.26 bits per heavy atom. The summed E-state index contributed by atoms with van der Waals surface area (Å²) in [7, 11) is -2.14. The number of anilines is 1. The van der Waals surface area contributed by atoms with Gasteiger partial charge in [0.05, 0.1) is 10.6 Å². The van der Waals surface area contributed by atoms with Crippen molar-refractivity contribution in [2.75, 3.05) is 12.4 Å². The second-order valence-electron chi connectivity index (χ2n) is 7.81. The third-order valence-electron chi connectivity index (χ3n) is 5.46. The Morgan fingerprint density at radius 1 is 0.941 bits per heavy atom. The Morgan fingerprint density at radius 2 is 1.62 bits per heavy atom. The minimum Gasteiger partial charge on any atom is -0.298 e. The van der Waals surface area contributed by atoms with Gasteiger partial charge in [-0.25, -0.2) is 13.4 Å². The maximum absolute atomic E-state index is 12.9. The topological polar surface area (TPSA) is 79.4 Å². The Labute approximate surface area is 204 Å². The number of aryl methyl sites for hydroxylation is 1. The van der Waals surface area contributed by atoms with Crippen LogP contribution in [0.4, 0.5) is 5.13 Å². The molecule has 0 atom stereocenters. The van der Waals surface area contributed by atoms with Crippen molar-refractivity contribution < 1.29 is 13.2 Å². The van der Waals surface area contributed by atoms with E-state index < -0.39 is 10.0 Å². The number of amides is 1. The molecule has 0 bridgehead atoms. The number of hydrogen-bond donors (Lipinski definition) is 1. The van der Waals surface area contributed by atoms with E-state index in [2.05, 4.69) is 29.4 Å². The van der Waals surface area contributed by atoms with E-state index in [0.717, 1.165) is 23.2 Å². The molecule has 4 aromatic rings. The normalized spacial score (nSPS) is 11.5. The molecule has 0 aliphatic carbocycles. The molecule has 1 amide bonds. The molecule has 1 aromatic heterocycles. The Bertz CT molecular complexity index is 1370. The second kappa shape index (κ2) is 10.3. The fourth-order valence-electron chi connectivity index (χ4n) is 3.43. The van der Waals surface area contributed by atoms with Crippen LogP contribution in [0.15, 0.2) is 89.1 Å². The molecule has 174 valence electrons. The highest BCUT2D eigenvalue weighted by molar-refractivity contribution is 7.89. The summed E-state index contributed by atoms with van der Waals surface area (Å²) in [4.78, 5) is 17.3. The average Bonchev–Trinajstić information content (AvgIpc) is 3.33. The van der Waals surface area contributed by atoms with Crippen molar-refractivity contribution in [3.8, 4) is 11.3 Å². The summed E-state index contributed by atoms with van der Waals surface area (Å²) in [5.41, 5.74) is 4.29. The maximum Gasteiger partial charge on any atom is 0.257 e. The van der Waals surface area contributed by atoms with Crippen LogP contribution in [-0.4, -0.2) is 30.7 Å². The Balaban J connectivity index is 1.42. The molecule has 0 aliphatic rings. The van der Waals surface area contributed by atoms with Crippen LogP contribution in [0.1, 0.15) is 28.4 Å². The standard InChI is InChI=1S/C26H25N3O3S2/c1-3-19-9-11-21(12-10-19)24-18-33-26(27-24)28-25(30)22-13-15-23(16-14-22)34(31,32)29(2)17-20-7-5-4-6-8-20/h4-16,18H,3,17H2,1-2H3,(H,27,28,30). The van der Waals surface area contributed by atoms with Gasteiger partial charge in [-0.05, 0) is 41.8 Å². The average molecular weight is 492 g/mol. The molecule has 0 fully saturated rings. The molecular formula is C26H25N3O3S2. The van der Waals surface area contributed by atoms with Gasteiger partial charge in [-0.1, -0.05) is 61.5 Å². The molecular weight excluding hydrogens is 466 g/mol. The molecule has 6 nitrogen and oxygen atoms in total. The van der Waals surface area contributed by atoms with Crippen LogP contribution in [0.25, 0.3) is 11.3 Å². The zero-order chi connectivity index (χ0) is 24.1. The van der Waals surface area contributed by atoms with Gasteiger partial charge >= 0.3 is 0 Å². The number of benzene rings is 3. The fourth-order valence-corrected chi connectivity index (χ4v) is 5.30. The Kier molecular flexibility index (Phi) is 7.21. The minimum atomic E-state index is -3.68. The molecule has 3 aromatic carbocycles. The number of sulfonamides is 1. The largest absolute Gasteiger partial charge is 0.298 e. The number of rotatable bonds is 8. The zero-order valence-corrected chi connectivity index (χ0v) is 20.6. The van der Waals surface area contributed by atoms with E-state index in [1.54, 1.807) is 7.05 Å².